The maximum atomic E-state index is 12.8. The second-order valence-electron chi connectivity index (χ2n) is 3.72. The number of pyridine rings is 1. The number of hydrogen-bond acceptors (Lipinski definition) is 3. The molecule has 0 bridgehead atoms. The first-order valence-electron chi connectivity index (χ1n) is 5.21. The van der Waals surface area contributed by atoms with Gasteiger partial charge in [0, 0.05) is 6.20 Å². The minimum atomic E-state index is -0.240. The summed E-state index contributed by atoms with van der Waals surface area (Å²) in [5, 5.41) is 8.03. The van der Waals surface area contributed by atoms with Crippen LogP contribution in [0.1, 0.15) is 5.56 Å². The van der Waals surface area contributed by atoms with Crippen molar-refractivity contribution in [1.82, 2.24) is 20.0 Å². The first-order chi connectivity index (χ1) is 8.33. The molecule has 3 aromatic rings. The maximum absolute atomic E-state index is 12.8. The van der Waals surface area contributed by atoms with Crippen LogP contribution < -0.4 is 0 Å². The fourth-order valence-corrected chi connectivity index (χ4v) is 1.68. The van der Waals surface area contributed by atoms with Crippen LogP contribution in [0.2, 0.25) is 0 Å². The van der Waals surface area contributed by atoms with E-state index in [1.165, 1.54) is 12.1 Å². The van der Waals surface area contributed by atoms with E-state index in [1.54, 1.807) is 23.0 Å². The molecule has 0 aliphatic heterocycles. The zero-order chi connectivity index (χ0) is 11.7. The van der Waals surface area contributed by atoms with Gasteiger partial charge in [0.15, 0.2) is 5.65 Å². The van der Waals surface area contributed by atoms with Crippen LogP contribution in [0, 0.1) is 5.82 Å². The van der Waals surface area contributed by atoms with Gasteiger partial charge < -0.3 is 0 Å². The molecule has 3 rings (SSSR count). The van der Waals surface area contributed by atoms with Crippen molar-refractivity contribution in [2.45, 2.75) is 6.54 Å². The molecule has 1 aromatic carbocycles. The van der Waals surface area contributed by atoms with Gasteiger partial charge in [-0.3, -0.25) is 0 Å². The highest BCUT2D eigenvalue weighted by Gasteiger charge is 2.05. The predicted molar refractivity (Wildman–Crippen MR) is 60.8 cm³/mol. The Kier molecular flexibility index (Phi) is 2.29. The van der Waals surface area contributed by atoms with E-state index in [-0.39, 0.29) is 5.82 Å². The summed E-state index contributed by atoms with van der Waals surface area (Å²) in [6.07, 6.45) is 1.70. The summed E-state index contributed by atoms with van der Waals surface area (Å²) in [5.74, 6) is -0.240. The molecular formula is C12H9FN4. The highest BCUT2D eigenvalue weighted by atomic mass is 19.1. The van der Waals surface area contributed by atoms with Crippen molar-refractivity contribution in [3.8, 4) is 0 Å². The van der Waals surface area contributed by atoms with E-state index < -0.39 is 0 Å². The highest BCUT2D eigenvalue weighted by molar-refractivity contribution is 5.68. The third-order valence-electron chi connectivity index (χ3n) is 2.52. The van der Waals surface area contributed by atoms with Crippen molar-refractivity contribution >= 4 is 11.2 Å². The molecule has 5 heteroatoms. The normalized spacial score (nSPS) is 10.9. The van der Waals surface area contributed by atoms with E-state index in [0.717, 1.165) is 16.7 Å². The van der Waals surface area contributed by atoms with Crippen LogP contribution in [0.5, 0.6) is 0 Å². The lowest BCUT2D eigenvalue weighted by molar-refractivity contribution is 0.623. The minimum Gasteiger partial charge on any atom is -0.235 e. The van der Waals surface area contributed by atoms with Gasteiger partial charge in [-0.15, -0.1) is 5.10 Å². The van der Waals surface area contributed by atoms with Crippen LogP contribution in [-0.2, 0) is 6.54 Å². The molecule has 4 nitrogen and oxygen atoms in total. The third-order valence-corrected chi connectivity index (χ3v) is 2.52. The first kappa shape index (κ1) is 9.89. The van der Waals surface area contributed by atoms with Gasteiger partial charge >= 0.3 is 0 Å². The Labute approximate surface area is 96.7 Å². The molecule has 0 saturated carbocycles. The Morgan fingerprint density at radius 1 is 1.12 bits per heavy atom. The molecule has 0 amide bonds. The number of fused-ring (bicyclic) bond motifs is 1. The molecular weight excluding hydrogens is 219 g/mol. The SMILES string of the molecule is Fc1ccc(Cn2nnc3cccnc32)cc1. The Hall–Kier alpha value is -2.30. The quantitative estimate of drug-likeness (QED) is 0.674. The maximum Gasteiger partial charge on any atom is 0.178 e. The fraction of sp³-hybridized carbons (Fsp3) is 0.0833. The summed E-state index contributed by atoms with van der Waals surface area (Å²) in [5.41, 5.74) is 2.45. The fourth-order valence-electron chi connectivity index (χ4n) is 1.68. The molecule has 0 aliphatic carbocycles. The molecule has 2 aromatic heterocycles. The summed E-state index contributed by atoms with van der Waals surface area (Å²) in [4.78, 5) is 4.22. The number of hydrogen-bond donors (Lipinski definition) is 0. The van der Waals surface area contributed by atoms with Gasteiger partial charge in [0.25, 0.3) is 0 Å². The molecule has 0 fully saturated rings. The van der Waals surface area contributed by atoms with Gasteiger partial charge in [-0.05, 0) is 29.8 Å². The zero-order valence-corrected chi connectivity index (χ0v) is 8.92. The molecule has 0 radical (unpaired) electrons. The summed E-state index contributed by atoms with van der Waals surface area (Å²) in [7, 11) is 0. The standard InChI is InChI=1S/C12H9FN4/c13-10-5-3-9(4-6-10)8-17-12-11(15-16-17)2-1-7-14-12/h1-7H,8H2. The summed E-state index contributed by atoms with van der Waals surface area (Å²) >= 11 is 0. The monoisotopic (exact) mass is 228 g/mol. The molecule has 0 unspecified atom stereocenters. The van der Waals surface area contributed by atoms with Crippen LogP contribution in [-0.4, -0.2) is 20.0 Å². The van der Waals surface area contributed by atoms with E-state index in [1.807, 2.05) is 12.1 Å². The summed E-state index contributed by atoms with van der Waals surface area (Å²) in [6, 6.07) is 10.00. The Morgan fingerprint density at radius 2 is 1.94 bits per heavy atom. The molecule has 0 aliphatic rings. The Bertz CT molecular complexity index is 645. The average Bonchev–Trinajstić information content (AvgIpc) is 2.76. The van der Waals surface area contributed by atoms with E-state index in [9.17, 15) is 4.39 Å². The van der Waals surface area contributed by atoms with Crippen molar-refractivity contribution in [3.63, 3.8) is 0 Å². The molecule has 17 heavy (non-hydrogen) atoms. The lowest BCUT2D eigenvalue weighted by atomic mass is 10.2. The van der Waals surface area contributed by atoms with Crippen LogP contribution in [0.3, 0.4) is 0 Å². The average molecular weight is 228 g/mol. The summed E-state index contributed by atoms with van der Waals surface area (Å²) in [6.45, 7) is 0.536. The van der Waals surface area contributed by atoms with Crippen molar-refractivity contribution in [2.24, 2.45) is 0 Å². The van der Waals surface area contributed by atoms with Gasteiger partial charge in [-0.25, -0.2) is 14.1 Å². The molecule has 84 valence electrons. The van der Waals surface area contributed by atoms with Crippen LogP contribution in [0.25, 0.3) is 11.2 Å². The van der Waals surface area contributed by atoms with Gasteiger partial charge in [-0.2, -0.15) is 0 Å². The lowest BCUT2D eigenvalue weighted by Crippen LogP contribution is -2.02. The van der Waals surface area contributed by atoms with Crippen molar-refractivity contribution in [1.29, 1.82) is 0 Å². The predicted octanol–water partition coefficient (Wildman–Crippen LogP) is 2.01. The molecule has 0 saturated heterocycles. The van der Waals surface area contributed by atoms with Gasteiger partial charge in [-0.1, -0.05) is 17.3 Å². The van der Waals surface area contributed by atoms with Crippen LogP contribution >= 0.6 is 0 Å². The molecule has 0 atom stereocenters. The smallest absolute Gasteiger partial charge is 0.178 e. The number of nitrogens with zero attached hydrogens (tertiary/aromatic N) is 4. The van der Waals surface area contributed by atoms with Gasteiger partial charge in [0.05, 0.1) is 6.54 Å². The Morgan fingerprint density at radius 3 is 2.76 bits per heavy atom. The second-order valence-corrected chi connectivity index (χ2v) is 3.72. The van der Waals surface area contributed by atoms with E-state index in [2.05, 4.69) is 15.3 Å². The number of aromatic nitrogens is 4. The van der Waals surface area contributed by atoms with E-state index in [0.29, 0.717) is 6.54 Å². The number of halogens is 1. The van der Waals surface area contributed by atoms with Crippen molar-refractivity contribution < 1.29 is 4.39 Å². The van der Waals surface area contributed by atoms with E-state index in [4.69, 9.17) is 0 Å². The molecule has 2 heterocycles. The zero-order valence-electron chi connectivity index (χ0n) is 8.92. The van der Waals surface area contributed by atoms with Crippen LogP contribution in [0.4, 0.5) is 4.39 Å². The molecule has 0 N–H and O–H groups in total. The minimum absolute atomic E-state index is 0.240. The van der Waals surface area contributed by atoms with E-state index >= 15 is 0 Å². The second kappa shape index (κ2) is 3.93. The Balaban J connectivity index is 1.97. The molecule has 0 spiro atoms. The third kappa shape index (κ3) is 1.87. The lowest BCUT2D eigenvalue weighted by Gasteiger charge is -2.01. The van der Waals surface area contributed by atoms with Crippen molar-refractivity contribution in [3.05, 3.63) is 54.0 Å². The number of benzene rings is 1. The largest absolute Gasteiger partial charge is 0.235 e. The van der Waals surface area contributed by atoms with Gasteiger partial charge in [0.1, 0.15) is 11.3 Å². The van der Waals surface area contributed by atoms with Crippen molar-refractivity contribution in [2.75, 3.05) is 0 Å². The first-order valence-corrected chi connectivity index (χ1v) is 5.21. The van der Waals surface area contributed by atoms with Crippen LogP contribution in [0.15, 0.2) is 42.6 Å². The summed E-state index contributed by atoms with van der Waals surface area (Å²) < 4.78 is 14.5. The number of rotatable bonds is 2. The van der Waals surface area contributed by atoms with Gasteiger partial charge in [0.2, 0.25) is 0 Å². The topological polar surface area (TPSA) is 43.6 Å². The highest BCUT2D eigenvalue weighted by Crippen LogP contribution is 2.10.